The third-order valence-electron chi connectivity index (χ3n) is 3.36. The van der Waals surface area contributed by atoms with E-state index in [9.17, 15) is 9.59 Å². The van der Waals surface area contributed by atoms with Crippen LogP contribution in [0, 0.1) is 20.8 Å². The number of nitrogens with zero attached hydrogens (tertiary/aromatic N) is 2. The van der Waals surface area contributed by atoms with E-state index in [2.05, 4.69) is 10.4 Å². The molecular formula is C15H18ClN3O3S. The van der Waals surface area contributed by atoms with Gasteiger partial charge in [0.2, 0.25) is 5.91 Å². The number of carbonyl (C=O) groups excluding carboxylic acids is 2. The van der Waals surface area contributed by atoms with Crippen molar-refractivity contribution in [2.75, 3.05) is 12.4 Å². The molecule has 2 aromatic rings. The lowest BCUT2D eigenvalue weighted by molar-refractivity contribution is -0.116. The minimum absolute atomic E-state index is 0.194. The molecule has 0 saturated heterocycles. The Kier molecular flexibility index (Phi) is 5.43. The van der Waals surface area contributed by atoms with Crippen LogP contribution in [-0.4, -0.2) is 28.8 Å². The molecule has 2 heterocycles. The summed E-state index contributed by atoms with van der Waals surface area (Å²) >= 11 is 7.43. The second kappa shape index (κ2) is 7.14. The SMILES string of the molecule is COC(=O)c1cc(C)sc1NC(=O)CCn1nc(C)c(Cl)c1C. The topological polar surface area (TPSA) is 73.2 Å². The van der Waals surface area contributed by atoms with E-state index in [-0.39, 0.29) is 12.3 Å². The van der Waals surface area contributed by atoms with Gasteiger partial charge in [-0.2, -0.15) is 5.10 Å². The molecule has 0 radical (unpaired) electrons. The predicted octanol–water partition coefficient (Wildman–Crippen LogP) is 3.34. The van der Waals surface area contributed by atoms with Crippen LogP contribution in [-0.2, 0) is 16.1 Å². The fourth-order valence-corrected chi connectivity index (χ4v) is 3.21. The molecule has 0 fully saturated rings. The third kappa shape index (κ3) is 3.92. The lowest BCUT2D eigenvalue weighted by atomic mass is 10.3. The monoisotopic (exact) mass is 355 g/mol. The molecule has 0 aliphatic rings. The highest BCUT2D eigenvalue weighted by atomic mass is 35.5. The summed E-state index contributed by atoms with van der Waals surface area (Å²) in [4.78, 5) is 24.8. The largest absolute Gasteiger partial charge is 0.465 e. The van der Waals surface area contributed by atoms with Gasteiger partial charge in [0, 0.05) is 11.3 Å². The van der Waals surface area contributed by atoms with Crippen molar-refractivity contribution in [3.8, 4) is 0 Å². The van der Waals surface area contributed by atoms with Crippen molar-refractivity contribution in [1.82, 2.24) is 9.78 Å². The van der Waals surface area contributed by atoms with Crippen LogP contribution < -0.4 is 5.32 Å². The number of halogens is 1. The van der Waals surface area contributed by atoms with Crippen LogP contribution in [0.15, 0.2) is 6.07 Å². The molecule has 0 aliphatic heterocycles. The molecule has 1 N–H and O–H groups in total. The summed E-state index contributed by atoms with van der Waals surface area (Å²) < 4.78 is 6.43. The first-order valence-electron chi connectivity index (χ1n) is 7.01. The average Bonchev–Trinajstić information content (AvgIpc) is 2.99. The van der Waals surface area contributed by atoms with Gasteiger partial charge in [0.15, 0.2) is 0 Å². The highest BCUT2D eigenvalue weighted by molar-refractivity contribution is 7.16. The van der Waals surface area contributed by atoms with E-state index in [1.54, 1.807) is 10.7 Å². The summed E-state index contributed by atoms with van der Waals surface area (Å²) in [5.41, 5.74) is 1.95. The number of ether oxygens (including phenoxy) is 1. The normalized spacial score (nSPS) is 10.7. The number of hydrogen-bond donors (Lipinski definition) is 1. The van der Waals surface area contributed by atoms with Crippen LogP contribution >= 0.6 is 22.9 Å². The molecule has 1 amide bonds. The maximum absolute atomic E-state index is 12.1. The van der Waals surface area contributed by atoms with Gasteiger partial charge < -0.3 is 10.1 Å². The Hall–Kier alpha value is -1.86. The van der Waals surface area contributed by atoms with Crippen molar-refractivity contribution in [3.05, 3.63) is 32.9 Å². The highest BCUT2D eigenvalue weighted by Crippen LogP contribution is 2.28. The Balaban J connectivity index is 2.03. The van der Waals surface area contributed by atoms with Gasteiger partial charge in [0.05, 0.1) is 35.6 Å². The molecule has 0 spiro atoms. The smallest absolute Gasteiger partial charge is 0.340 e. The first-order chi connectivity index (χ1) is 10.8. The van der Waals surface area contributed by atoms with Crippen molar-refractivity contribution >= 4 is 39.8 Å². The number of carbonyl (C=O) groups is 2. The molecule has 0 atom stereocenters. The summed E-state index contributed by atoms with van der Waals surface area (Å²) in [5, 5.41) is 8.17. The van der Waals surface area contributed by atoms with Crippen LogP contribution in [0.25, 0.3) is 0 Å². The van der Waals surface area contributed by atoms with E-state index in [1.807, 2.05) is 20.8 Å². The van der Waals surface area contributed by atoms with E-state index in [0.717, 1.165) is 16.3 Å². The Bertz CT molecular complexity index is 751. The predicted molar refractivity (Wildman–Crippen MR) is 90.4 cm³/mol. The maximum atomic E-state index is 12.1. The van der Waals surface area contributed by atoms with Gasteiger partial charge in [-0.3, -0.25) is 9.48 Å². The lowest BCUT2D eigenvalue weighted by Crippen LogP contribution is -2.16. The van der Waals surface area contributed by atoms with Gasteiger partial charge in [0.1, 0.15) is 5.00 Å². The van der Waals surface area contributed by atoms with E-state index >= 15 is 0 Å². The summed E-state index contributed by atoms with van der Waals surface area (Å²) in [7, 11) is 1.31. The molecule has 124 valence electrons. The lowest BCUT2D eigenvalue weighted by Gasteiger charge is -2.06. The zero-order valence-electron chi connectivity index (χ0n) is 13.4. The van der Waals surface area contributed by atoms with Crippen molar-refractivity contribution < 1.29 is 14.3 Å². The van der Waals surface area contributed by atoms with Crippen molar-refractivity contribution in [3.63, 3.8) is 0 Å². The quantitative estimate of drug-likeness (QED) is 0.835. The minimum atomic E-state index is -0.463. The Morgan fingerprint density at radius 1 is 1.39 bits per heavy atom. The molecule has 0 aromatic carbocycles. The number of rotatable bonds is 5. The highest BCUT2D eigenvalue weighted by Gasteiger charge is 2.17. The first kappa shape index (κ1) is 17.5. The number of esters is 1. The maximum Gasteiger partial charge on any atom is 0.340 e. The number of anilines is 1. The van der Waals surface area contributed by atoms with Gasteiger partial charge in [-0.05, 0) is 26.8 Å². The number of methoxy groups -OCH3 is 1. The molecule has 0 saturated carbocycles. The van der Waals surface area contributed by atoms with Crippen molar-refractivity contribution in [2.24, 2.45) is 0 Å². The van der Waals surface area contributed by atoms with Gasteiger partial charge in [-0.15, -0.1) is 11.3 Å². The minimum Gasteiger partial charge on any atom is -0.465 e. The zero-order valence-corrected chi connectivity index (χ0v) is 15.0. The number of nitrogens with one attached hydrogen (secondary N) is 1. The van der Waals surface area contributed by atoms with Crippen molar-refractivity contribution in [1.29, 1.82) is 0 Å². The molecule has 2 rings (SSSR count). The number of aromatic nitrogens is 2. The second-order valence-corrected chi connectivity index (χ2v) is 6.73. The average molecular weight is 356 g/mol. The summed E-state index contributed by atoms with van der Waals surface area (Å²) in [6.07, 6.45) is 0.232. The van der Waals surface area contributed by atoms with E-state index in [0.29, 0.717) is 22.1 Å². The first-order valence-corrected chi connectivity index (χ1v) is 8.21. The fourth-order valence-electron chi connectivity index (χ4n) is 2.16. The Morgan fingerprint density at radius 2 is 2.09 bits per heavy atom. The molecular weight excluding hydrogens is 338 g/mol. The number of thiophene rings is 1. The van der Waals surface area contributed by atoms with Crippen LogP contribution in [0.3, 0.4) is 0 Å². The van der Waals surface area contributed by atoms with Crippen molar-refractivity contribution in [2.45, 2.75) is 33.7 Å². The third-order valence-corrected chi connectivity index (χ3v) is 4.87. The number of amides is 1. The molecule has 2 aromatic heterocycles. The van der Waals surface area contributed by atoms with Crippen LogP contribution in [0.1, 0.15) is 33.0 Å². The number of hydrogen-bond acceptors (Lipinski definition) is 5. The van der Waals surface area contributed by atoms with Crippen LogP contribution in [0.4, 0.5) is 5.00 Å². The zero-order chi connectivity index (χ0) is 17.1. The van der Waals surface area contributed by atoms with Gasteiger partial charge in [-0.25, -0.2) is 4.79 Å². The fraction of sp³-hybridized carbons (Fsp3) is 0.400. The molecule has 8 heteroatoms. The van der Waals surface area contributed by atoms with Gasteiger partial charge in [-0.1, -0.05) is 11.6 Å². The van der Waals surface area contributed by atoms with E-state index < -0.39 is 5.97 Å². The second-order valence-electron chi connectivity index (χ2n) is 5.10. The van der Waals surface area contributed by atoms with Crippen LogP contribution in [0.2, 0.25) is 5.02 Å². The van der Waals surface area contributed by atoms with E-state index in [4.69, 9.17) is 16.3 Å². The van der Waals surface area contributed by atoms with Gasteiger partial charge in [0.25, 0.3) is 0 Å². The summed E-state index contributed by atoms with van der Waals surface area (Å²) in [6.45, 7) is 5.97. The molecule has 6 nitrogen and oxygen atoms in total. The molecule has 0 unspecified atom stereocenters. The molecule has 0 bridgehead atoms. The van der Waals surface area contributed by atoms with E-state index in [1.165, 1.54) is 18.4 Å². The standard InChI is InChI=1S/C15H18ClN3O3S/c1-8-7-11(15(21)22-4)14(23-8)17-12(20)5-6-19-10(3)13(16)9(2)18-19/h7H,5-6H2,1-4H3,(H,17,20). The molecule has 23 heavy (non-hydrogen) atoms. The van der Waals surface area contributed by atoms with Gasteiger partial charge >= 0.3 is 5.97 Å². The number of aryl methyl sites for hydroxylation is 3. The Labute approximate surface area is 143 Å². The summed E-state index contributed by atoms with van der Waals surface area (Å²) in [5.74, 6) is -0.657. The van der Waals surface area contributed by atoms with Crippen LogP contribution in [0.5, 0.6) is 0 Å². The molecule has 0 aliphatic carbocycles. The Morgan fingerprint density at radius 3 is 2.65 bits per heavy atom. The summed E-state index contributed by atoms with van der Waals surface area (Å²) in [6, 6.07) is 1.70.